The second-order valence-electron chi connectivity index (χ2n) is 6.62. The fourth-order valence-corrected chi connectivity index (χ4v) is 3.43. The maximum Gasteiger partial charge on any atom is 0.317 e. The van der Waals surface area contributed by atoms with Gasteiger partial charge in [-0.2, -0.15) is 0 Å². The van der Waals surface area contributed by atoms with Crippen LogP contribution in [0.2, 0.25) is 0 Å². The van der Waals surface area contributed by atoms with Gasteiger partial charge in [-0.25, -0.2) is 0 Å². The number of methoxy groups -OCH3 is 2. The number of carboxylic acid groups (broad SMARTS) is 1. The summed E-state index contributed by atoms with van der Waals surface area (Å²) in [6.45, 7) is 6.40. The van der Waals surface area contributed by atoms with Crippen LogP contribution in [-0.4, -0.2) is 61.3 Å². The topological polar surface area (TPSA) is 88.1 Å². The number of amides is 1. The monoisotopic (exact) mass is 376 g/mol. The Kier molecular flexibility index (Phi) is 7.24. The summed E-state index contributed by atoms with van der Waals surface area (Å²) in [5, 5.41) is 12.0. The van der Waals surface area contributed by atoms with Crippen LogP contribution in [0.25, 0.3) is 0 Å². The van der Waals surface area contributed by atoms with Gasteiger partial charge < -0.3 is 19.9 Å². The van der Waals surface area contributed by atoms with Crippen LogP contribution in [-0.2, 0) is 11.2 Å². The number of rotatable bonds is 10. The molecule has 1 aromatic rings. The molecule has 27 heavy (non-hydrogen) atoms. The fourth-order valence-electron chi connectivity index (χ4n) is 3.43. The number of carbonyl (C=O) groups is 2. The number of allylic oxidation sites excluding steroid dienone is 1. The molecule has 1 saturated carbocycles. The second kappa shape index (κ2) is 9.41. The van der Waals surface area contributed by atoms with Crippen LogP contribution in [0.15, 0.2) is 24.8 Å². The third-order valence-corrected chi connectivity index (χ3v) is 4.89. The highest BCUT2D eigenvalue weighted by Crippen LogP contribution is 2.33. The summed E-state index contributed by atoms with van der Waals surface area (Å²) >= 11 is 0. The van der Waals surface area contributed by atoms with Gasteiger partial charge in [0.1, 0.15) is 0 Å². The van der Waals surface area contributed by atoms with Gasteiger partial charge in [0, 0.05) is 23.2 Å². The summed E-state index contributed by atoms with van der Waals surface area (Å²) in [6.07, 6.45) is 3.81. The van der Waals surface area contributed by atoms with E-state index < -0.39 is 5.97 Å². The lowest BCUT2D eigenvalue weighted by atomic mass is 9.85. The van der Waals surface area contributed by atoms with Gasteiger partial charge in [0.2, 0.25) is 0 Å². The minimum absolute atomic E-state index is 0.0302. The van der Waals surface area contributed by atoms with Crippen molar-refractivity contribution in [2.24, 2.45) is 0 Å². The lowest BCUT2D eigenvalue weighted by molar-refractivity contribution is -0.139. The molecule has 0 saturated heterocycles. The molecule has 0 aliphatic heterocycles. The molecule has 7 nitrogen and oxygen atoms in total. The Bertz CT molecular complexity index is 698. The van der Waals surface area contributed by atoms with Crippen molar-refractivity contribution >= 4 is 11.9 Å². The molecule has 0 radical (unpaired) electrons. The third-order valence-electron chi connectivity index (χ3n) is 4.89. The maximum atomic E-state index is 12.7. The van der Waals surface area contributed by atoms with Crippen molar-refractivity contribution in [1.29, 1.82) is 0 Å². The van der Waals surface area contributed by atoms with Crippen LogP contribution in [0.3, 0.4) is 0 Å². The summed E-state index contributed by atoms with van der Waals surface area (Å²) in [5.41, 5.74) is 1.34. The van der Waals surface area contributed by atoms with Crippen molar-refractivity contribution < 1.29 is 24.2 Å². The third kappa shape index (κ3) is 5.01. The molecule has 0 atom stereocenters. The van der Waals surface area contributed by atoms with E-state index in [2.05, 4.69) is 11.9 Å². The summed E-state index contributed by atoms with van der Waals surface area (Å²) in [4.78, 5) is 25.5. The van der Waals surface area contributed by atoms with E-state index in [0.29, 0.717) is 30.0 Å². The van der Waals surface area contributed by atoms with Gasteiger partial charge in [0.15, 0.2) is 11.5 Å². The van der Waals surface area contributed by atoms with Crippen LogP contribution in [0.1, 0.15) is 35.7 Å². The lowest BCUT2D eigenvalue weighted by Crippen LogP contribution is -2.54. The zero-order chi connectivity index (χ0) is 20.0. The first-order valence-electron chi connectivity index (χ1n) is 9.05. The van der Waals surface area contributed by atoms with Crippen molar-refractivity contribution in [3.8, 4) is 11.5 Å². The molecule has 1 aliphatic rings. The van der Waals surface area contributed by atoms with Gasteiger partial charge in [-0.3, -0.25) is 14.5 Å². The molecule has 0 bridgehead atoms. The summed E-state index contributed by atoms with van der Waals surface area (Å²) in [6, 6.07) is 3.69. The molecule has 0 heterocycles. The number of benzene rings is 1. The van der Waals surface area contributed by atoms with Crippen LogP contribution in [0, 0.1) is 0 Å². The van der Waals surface area contributed by atoms with Gasteiger partial charge in [-0.1, -0.05) is 13.0 Å². The number of carbonyl (C=O) groups excluding carboxylic acids is 1. The molecule has 0 unspecified atom stereocenters. The van der Waals surface area contributed by atoms with E-state index in [4.69, 9.17) is 14.6 Å². The first kappa shape index (κ1) is 20.8. The van der Waals surface area contributed by atoms with Gasteiger partial charge in [0.05, 0.1) is 20.8 Å². The van der Waals surface area contributed by atoms with E-state index in [9.17, 15) is 9.59 Å². The predicted octanol–water partition coefficient (Wildman–Crippen LogP) is 2.10. The predicted molar refractivity (Wildman–Crippen MR) is 103 cm³/mol. The number of aliphatic carboxylic acids is 1. The van der Waals surface area contributed by atoms with E-state index in [1.807, 2.05) is 11.8 Å². The Balaban J connectivity index is 2.03. The molecule has 1 aliphatic carbocycles. The zero-order valence-electron chi connectivity index (χ0n) is 16.2. The van der Waals surface area contributed by atoms with E-state index in [-0.39, 0.29) is 24.5 Å². The number of ether oxygens (including phenoxy) is 2. The number of nitrogens with zero attached hydrogens (tertiary/aromatic N) is 1. The number of carboxylic acids is 1. The molecule has 2 N–H and O–H groups in total. The normalized spacial score (nSPS) is 18.5. The fraction of sp³-hybridized carbons (Fsp3) is 0.500. The van der Waals surface area contributed by atoms with Crippen molar-refractivity contribution in [3.05, 3.63) is 35.9 Å². The van der Waals surface area contributed by atoms with E-state index in [1.165, 1.54) is 7.11 Å². The van der Waals surface area contributed by atoms with Crippen LogP contribution in [0.5, 0.6) is 11.5 Å². The van der Waals surface area contributed by atoms with Crippen molar-refractivity contribution in [1.82, 2.24) is 10.2 Å². The van der Waals surface area contributed by atoms with Gasteiger partial charge in [-0.05, 0) is 37.9 Å². The number of hydrogen-bond donors (Lipinski definition) is 2. The minimum Gasteiger partial charge on any atom is -0.493 e. The molecule has 7 heteroatoms. The van der Waals surface area contributed by atoms with Gasteiger partial charge in [-0.15, -0.1) is 6.58 Å². The van der Waals surface area contributed by atoms with Crippen molar-refractivity contribution in [2.75, 3.05) is 27.3 Å². The molecular formula is C20H28N2O5. The summed E-state index contributed by atoms with van der Waals surface area (Å²) < 4.78 is 10.8. The van der Waals surface area contributed by atoms with Crippen LogP contribution >= 0.6 is 0 Å². The van der Waals surface area contributed by atoms with E-state index in [0.717, 1.165) is 18.4 Å². The molecular weight excluding hydrogens is 348 g/mol. The average Bonchev–Trinajstić information content (AvgIpc) is 2.61. The SMILES string of the molecule is C=CCc1cc(C(=O)NC2CC(N(CC)CC(=O)O)C2)cc(OC)c1OC. The molecule has 0 spiro atoms. The van der Waals surface area contributed by atoms with Gasteiger partial charge >= 0.3 is 5.97 Å². The highest BCUT2D eigenvalue weighted by atomic mass is 16.5. The Hall–Kier alpha value is -2.54. The number of nitrogens with one attached hydrogen (secondary N) is 1. The minimum atomic E-state index is -0.829. The average molecular weight is 376 g/mol. The second-order valence-corrected chi connectivity index (χ2v) is 6.62. The Morgan fingerprint density at radius 1 is 1.33 bits per heavy atom. The smallest absolute Gasteiger partial charge is 0.317 e. The standard InChI is InChI=1S/C20H28N2O5/c1-5-7-13-8-14(9-17(26-3)19(13)27-4)20(25)21-15-10-16(11-15)22(6-2)12-18(23)24/h5,8-9,15-16H,1,6-7,10-12H2,2-4H3,(H,21,25)(H,23,24). The molecule has 1 fully saturated rings. The number of hydrogen-bond acceptors (Lipinski definition) is 5. The van der Waals surface area contributed by atoms with E-state index >= 15 is 0 Å². The quantitative estimate of drug-likeness (QED) is 0.608. The van der Waals surface area contributed by atoms with Crippen LogP contribution in [0.4, 0.5) is 0 Å². The molecule has 148 valence electrons. The Morgan fingerprint density at radius 3 is 2.56 bits per heavy atom. The molecule has 2 rings (SSSR count). The Labute approximate surface area is 159 Å². The maximum absolute atomic E-state index is 12.7. The number of likely N-dealkylation sites (N-methyl/N-ethyl adjacent to an activating group) is 1. The highest BCUT2D eigenvalue weighted by Gasteiger charge is 2.35. The van der Waals surface area contributed by atoms with Crippen molar-refractivity contribution in [3.63, 3.8) is 0 Å². The zero-order valence-corrected chi connectivity index (χ0v) is 16.2. The molecule has 0 aromatic heterocycles. The largest absolute Gasteiger partial charge is 0.493 e. The van der Waals surface area contributed by atoms with Gasteiger partial charge in [0.25, 0.3) is 5.91 Å². The molecule has 1 aromatic carbocycles. The Morgan fingerprint density at radius 2 is 2.04 bits per heavy atom. The lowest BCUT2D eigenvalue weighted by Gasteiger charge is -2.42. The summed E-state index contributed by atoms with van der Waals surface area (Å²) in [5.74, 6) is 0.104. The summed E-state index contributed by atoms with van der Waals surface area (Å²) in [7, 11) is 3.10. The molecule has 1 amide bonds. The van der Waals surface area contributed by atoms with Crippen molar-refractivity contribution in [2.45, 2.75) is 38.3 Å². The highest BCUT2D eigenvalue weighted by molar-refractivity contribution is 5.95. The first-order chi connectivity index (χ1) is 12.9. The first-order valence-corrected chi connectivity index (χ1v) is 9.05. The van der Waals surface area contributed by atoms with Crippen LogP contribution < -0.4 is 14.8 Å². The van der Waals surface area contributed by atoms with E-state index in [1.54, 1.807) is 25.3 Å².